The van der Waals surface area contributed by atoms with Crippen LogP contribution in [0.2, 0.25) is 5.02 Å². The number of benzene rings is 2. The van der Waals surface area contributed by atoms with E-state index in [0.29, 0.717) is 10.6 Å². The third kappa shape index (κ3) is 2.86. The van der Waals surface area contributed by atoms with Gasteiger partial charge in [-0.25, -0.2) is 0 Å². The monoisotopic (exact) mass is 384 g/mol. The van der Waals surface area contributed by atoms with Gasteiger partial charge >= 0.3 is 0 Å². The summed E-state index contributed by atoms with van der Waals surface area (Å²) in [5.74, 6) is 0. The van der Waals surface area contributed by atoms with Crippen molar-refractivity contribution in [3.8, 4) is 6.07 Å². The summed E-state index contributed by atoms with van der Waals surface area (Å²) in [4.78, 5) is 0. The Labute approximate surface area is 127 Å². The molecule has 0 unspecified atom stereocenters. The highest BCUT2D eigenvalue weighted by molar-refractivity contribution is 9.11. The van der Waals surface area contributed by atoms with Gasteiger partial charge in [-0.05, 0) is 62.2 Å². The summed E-state index contributed by atoms with van der Waals surface area (Å²) in [7, 11) is 0. The molecule has 2 nitrogen and oxygen atoms in total. The lowest BCUT2D eigenvalue weighted by atomic mass is 10.2. The SMILES string of the molecule is N#Cc1ccc(Nc2cccc(Cl)c2Br)cc1Br. The molecule has 0 radical (unpaired) electrons. The Balaban J connectivity index is 2.32. The first-order valence-corrected chi connectivity index (χ1v) is 6.99. The molecule has 1 N–H and O–H groups in total. The van der Waals surface area contributed by atoms with Crippen LogP contribution in [-0.4, -0.2) is 0 Å². The fraction of sp³-hybridized carbons (Fsp3) is 0. The number of nitrogens with one attached hydrogen (secondary N) is 1. The zero-order valence-corrected chi connectivity index (χ0v) is 13.0. The van der Waals surface area contributed by atoms with Crippen LogP contribution in [-0.2, 0) is 0 Å². The van der Waals surface area contributed by atoms with Crippen molar-refractivity contribution >= 4 is 54.8 Å². The zero-order valence-electron chi connectivity index (χ0n) is 9.05. The molecule has 0 aliphatic heterocycles. The highest BCUT2D eigenvalue weighted by Gasteiger charge is 2.05. The number of nitrogens with zero attached hydrogens (tertiary/aromatic N) is 1. The normalized spacial score (nSPS) is 9.89. The van der Waals surface area contributed by atoms with Gasteiger partial charge in [-0.2, -0.15) is 5.26 Å². The number of nitriles is 1. The molecular formula is C13H7Br2ClN2. The number of halogens is 3. The molecule has 5 heteroatoms. The van der Waals surface area contributed by atoms with Crippen LogP contribution in [0.5, 0.6) is 0 Å². The minimum absolute atomic E-state index is 0.603. The highest BCUT2D eigenvalue weighted by Crippen LogP contribution is 2.33. The van der Waals surface area contributed by atoms with Crippen molar-refractivity contribution in [2.75, 3.05) is 5.32 Å². The van der Waals surface area contributed by atoms with Crippen molar-refractivity contribution in [1.29, 1.82) is 5.26 Å². The topological polar surface area (TPSA) is 35.8 Å². The molecule has 2 aromatic carbocycles. The van der Waals surface area contributed by atoms with E-state index in [2.05, 4.69) is 43.2 Å². The van der Waals surface area contributed by atoms with E-state index >= 15 is 0 Å². The van der Waals surface area contributed by atoms with Crippen LogP contribution in [0, 0.1) is 11.3 Å². The molecule has 2 rings (SSSR count). The van der Waals surface area contributed by atoms with Crippen molar-refractivity contribution in [3.05, 3.63) is 55.9 Å². The van der Waals surface area contributed by atoms with Gasteiger partial charge in [-0.1, -0.05) is 17.7 Å². The Morgan fingerprint density at radius 2 is 1.94 bits per heavy atom. The Morgan fingerprint density at radius 3 is 2.61 bits per heavy atom. The second-order valence-corrected chi connectivity index (χ2v) is 5.59. The number of rotatable bonds is 2. The van der Waals surface area contributed by atoms with E-state index in [1.807, 2.05) is 30.3 Å². The van der Waals surface area contributed by atoms with Crippen molar-refractivity contribution < 1.29 is 0 Å². The lowest BCUT2D eigenvalue weighted by Crippen LogP contribution is -1.92. The summed E-state index contributed by atoms with van der Waals surface area (Å²) in [6, 6.07) is 13.2. The second kappa shape index (κ2) is 5.75. The summed E-state index contributed by atoms with van der Waals surface area (Å²) >= 11 is 12.8. The summed E-state index contributed by atoms with van der Waals surface area (Å²) in [5, 5.41) is 12.7. The third-order valence-corrected chi connectivity index (χ3v) is 4.37. The lowest BCUT2D eigenvalue weighted by molar-refractivity contribution is 1.45. The van der Waals surface area contributed by atoms with Crippen LogP contribution < -0.4 is 5.32 Å². The van der Waals surface area contributed by atoms with Gasteiger partial charge in [-0.3, -0.25) is 0 Å². The minimum atomic E-state index is 0.603. The molecular weight excluding hydrogens is 379 g/mol. The highest BCUT2D eigenvalue weighted by atomic mass is 79.9. The maximum absolute atomic E-state index is 8.85. The second-order valence-electron chi connectivity index (χ2n) is 3.53. The maximum atomic E-state index is 8.85. The van der Waals surface area contributed by atoms with E-state index in [-0.39, 0.29) is 0 Å². The van der Waals surface area contributed by atoms with Gasteiger partial charge in [0.15, 0.2) is 0 Å². The fourth-order valence-corrected chi connectivity index (χ4v) is 2.44. The van der Waals surface area contributed by atoms with Crippen LogP contribution in [0.15, 0.2) is 45.3 Å². The Kier molecular flexibility index (Phi) is 4.28. The van der Waals surface area contributed by atoms with Crippen molar-refractivity contribution in [1.82, 2.24) is 0 Å². The zero-order chi connectivity index (χ0) is 13.1. The first-order chi connectivity index (χ1) is 8.61. The van der Waals surface area contributed by atoms with E-state index in [9.17, 15) is 0 Å². The first-order valence-electron chi connectivity index (χ1n) is 5.02. The Bertz CT molecular complexity index is 635. The molecule has 0 aliphatic carbocycles. The van der Waals surface area contributed by atoms with E-state index in [0.717, 1.165) is 20.3 Å². The van der Waals surface area contributed by atoms with Crippen molar-refractivity contribution in [2.45, 2.75) is 0 Å². The minimum Gasteiger partial charge on any atom is -0.355 e. The first kappa shape index (κ1) is 13.4. The molecule has 0 aromatic heterocycles. The quantitative estimate of drug-likeness (QED) is 0.742. The molecule has 90 valence electrons. The summed E-state index contributed by atoms with van der Waals surface area (Å²) in [5.41, 5.74) is 2.36. The summed E-state index contributed by atoms with van der Waals surface area (Å²) < 4.78 is 1.57. The van der Waals surface area contributed by atoms with Gasteiger partial charge in [0.25, 0.3) is 0 Å². The molecule has 0 spiro atoms. The predicted molar refractivity (Wildman–Crippen MR) is 81.3 cm³/mol. The third-order valence-electron chi connectivity index (χ3n) is 2.32. The maximum Gasteiger partial charge on any atom is 0.100 e. The molecule has 0 aliphatic rings. The average Bonchev–Trinajstić information content (AvgIpc) is 2.35. The number of hydrogen-bond donors (Lipinski definition) is 1. The smallest absolute Gasteiger partial charge is 0.100 e. The van der Waals surface area contributed by atoms with Gasteiger partial charge in [-0.15, -0.1) is 0 Å². The molecule has 2 aromatic rings. The standard InChI is InChI=1S/C13H7Br2ClN2/c14-10-6-9(5-4-8(10)7-17)18-12-3-1-2-11(16)13(12)15/h1-6,18H. The van der Waals surface area contributed by atoms with E-state index in [1.54, 1.807) is 6.07 Å². The molecule has 0 amide bonds. The Hall–Kier alpha value is -1.02. The molecule has 0 saturated carbocycles. The van der Waals surface area contributed by atoms with Crippen LogP contribution >= 0.6 is 43.5 Å². The van der Waals surface area contributed by atoms with E-state index in [1.165, 1.54) is 0 Å². The van der Waals surface area contributed by atoms with Crippen LogP contribution in [0.25, 0.3) is 0 Å². The largest absolute Gasteiger partial charge is 0.355 e. The summed E-state index contributed by atoms with van der Waals surface area (Å²) in [6.45, 7) is 0. The van der Waals surface area contributed by atoms with Gasteiger partial charge in [0.05, 0.1) is 20.7 Å². The fourth-order valence-electron chi connectivity index (χ4n) is 1.44. The van der Waals surface area contributed by atoms with Crippen molar-refractivity contribution in [2.24, 2.45) is 0 Å². The molecule has 0 saturated heterocycles. The van der Waals surface area contributed by atoms with Crippen molar-refractivity contribution in [3.63, 3.8) is 0 Å². The molecule has 18 heavy (non-hydrogen) atoms. The van der Waals surface area contributed by atoms with Crippen LogP contribution in [0.1, 0.15) is 5.56 Å². The van der Waals surface area contributed by atoms with Crippen LogP contribution in [0.3, 0.4) is 0 Å². The predicted octanol–water partition coefficient (Wildman–Crippen LogP) is 5.48. The number of anilines is 2. The van der Waals surface area contributed by atoms with E-state index < -0.39 is 0 Å². The molecule has 0 atom stereocenters. The van der Waals surface area contributed by atoms with Gasteiger partial charge < -0.3 is 5.32 Å². The molecule has 0 bridgehead atoms. The van der Waals surface area contributed by atoms with Gasteiger partial charge in [0, 0.05) is 10.2 Å². The lowest BCUT2D eigenvalue weighted by Gasteiger charge is -2.10. The average molecular weight is 386 g/mol. The number of hydrogen-bond acceptors (Lipinski definition) is 2. The van der Waals surface area contributed by atoms with E-state index in [4.69, 9.17) is 16.9 Å². The van der Waals surface area contributed by atoms with Gasteiger partial charge in [0.2, 0.25) is 0 Å². The van der Waals surface area contributed by atoms with Crippen LogP contribution in [0.4, 0.5) is 11.4 Å². The van der Waals surface area contributed by atoms with Gasteiger partial charge in [0.1, 0.15) is 6.07 Å². The summed E-state index contributed by atoms with van der Waals surface area (Å²) in [6.07, 6.45) is 0. The molecule has 0 fully saturated rings. The molecule has 0 heterocycles. The Morgan fingerprint density at radius 1 is 1.17 bits per heavy atom.